The van der Waals surface area contributed by atoms with Crippen LogP contribution in [0.25, 0.3) is 22.4 Å². The summed E-state index contributed by atoms with van der Waals surface area (Å²) in [5, 5.41) is 2.83. The molecular weight excluding hydrogens is 392 g/mol. The summed E-state index contributed by atoms with van der Waals surface area (Å²) in [6, 6.07) is 15.2. The molecule has 156 valence electrons. The van der Waals surface area contributed by atoms with Crippen molar-refractivity contribution < 1.29 is 14.4 Å². The molecule has 3 aromatic rings. The lowest BCUT2D eigenvalue weighted by Crippen LogP contribution is -2.34. The average Bonchev–Trinajstić information content (AvgIpc) is 3.33. The molecule has 0 radical (unpaired) electrons. The summed E-state index contributed by atoms with van der Waals surface area (Å²) < 4.78 is 0. The maximum absolute atomic E-state index is 12.5. The van der Waals surface area contributed by atoms with Crippen LogP contribution in [-0.2, 0) is 14.4 Å². The van der Waals surface area contributed by atoms with E-state index in [-0.39, 0.29) is 42.5 Å². The fourth-order valence-electron chi connectivity index (χ4n) is 4.33. The molecule has 5 rings (SSSR count). The van der Waals surface area contributed by atoms with Gasteiger partial charge in [-0.3, -0.25) is 19.3 Å². The molecule has 2 heterocycles. The first-order chi connectivity index (χ1) is 15.1. The van der Waals surface area contributed by atoms with E-state index in [1.807, 2.05) is 60.7 Å². The molecule has 3 amide bonds. The maximum Gasteiger partial charge on any atom is 0.233 e. The van der Waals surface area contributed by atoms with Crippen LogP contribution in [0.2, 0.25) is 0 Å². The number of allylic oxidation sites excluding steroid dienone is 2. The summed E-state index contributed by atoms with van der Waals surface area (Å²) in [6.07, 6.45) is 5.20. The lowest BCUT2D eigenvalue weighted by atomic mass is 9.85. The number of H-pyrrole nitrogens is 1. The van der Waals surface area contributed by atoms with Crippen LogP contribution in [0.1, 0.15) is 19.3 Å². The van der Waals surface area contributed by atoms with Gasteiger partial charge in [-0.05, 0) is 49.2 Å². The topological polar surface area (TPSA) is 95.2 Å². The number of carbonyl (C=O) groups is 3. The Hall–Kier alpha value is -3.74. The van der Waals surface area contributed by atoms with E-state index in [1.165, 1.54) is 4.90 Å². The van der Waals surface area contributed by atoms with Gasteiger partial charge in [0, 0.05) is 24.2 Å². The predicted octanol–water partition coefficient (Wildman–Crippen LogP) is 3.51. The minimum Gasteiger partial charge on any atom is -0.338 e. The standard InChI is InChI=1S/C24H22N4O3/c29-21(13-14-28-23(30)17-5-1-2-6-18(17)24(28)31)25-16-11-9-15(10-12-16)22-26-19-7-3-4-8-20(19)27-22/h1-4,7-12,17-18H,5-6,13-14H2,(H,25,29)(H,26,27)/t17-,18+. The Morgan fingerprint density at radius 3 is 2.35 bits per heavy atom. The molecule has 0 unspecified atom stereocenters. The van der Waals surface area contributed by atoms with Crippen LogP contribution in [0.5, 0.6) is 0 Å². The molecule has 31 heavy (non-hydrogen) atoms. The first-order valence-corrected chi connectivity index (χ1v) is 10.5. The lowest BCUT2D eigenvalue weighted by molar-refractivity contribution is -0.140. The number of fused-ring (bicyclic) bond motifs is 2. The Morgan fingerprint density at radius 2 is 1.68 bits per heavy atom. The number of hydrogen-bond donors (Lipinski definition) is 2. The van der Waals surface area contributed by atoms with Crippen molar-refractivity contribution in [3.8, 4) is 11.4 Å². The minimum atomic E-state index is -0.258. The Labute approximate surface area is 179 Å². The third kappa shape index (κ3) is 3.63. The highest BCUT2D eigenvalue weighted by atomic mass is 16.2. The number of nitrogens with one attached hydrogen (secondary N) is 2. The molecule has 1 saturated heterocycles. The number of aromatic nitrogens is 2. The molecule has 1 fully saturated rings. The zero-order chi connectivity index (χ0) is 21.4. The Bertz CT molecular complexity index is 1140. The second-order valence-electron chi connectivity index (χ2n) is 7.96. The summed E-state index contributed by atoms with van der Waals surface area (Å²) in [5.41, 5.74) is 3.44. The highest BCUT2D eigenvalue weighted by Gasteiger charge is 2.46. The molecule has 0 bridgehead atoms. The molecule has 7 heteroatoms. The largest absolute Gasteiger partial charge is 0.338 e. The van der Waals surface area contributed by atoms with Gasteiger partial charge in [0.1, 0.15) is 5.82 Å². The van der Waals surface area contributed by atoms with Crippen molar-refractivity contribution in [2.45, 2.75) is 19.3 Å². The fourth-order valence-corrected chi connectivity index (χ4v) is 4.33. The summed E-state index contributed by atoms with van der Waals surface area (Å²) in [4.78, 5) is 46.5. The van der Waals surface area contributed by atoms with Crippen molar-refractivity contribution in [3.63, 3.8) is 0 Å². The Kier molecular flexibility index (Phi) is 4.86. The molecule has 0 spiro atoms. The number of carbonyl (C=O) groups excluding carboxylic acids is 3. The van der Waals surface area contributed by atoms with Gasteiger partial charge in [-0.15, -0.1) is 0 Å². The van der Waals surface area contributed by atoms with E-state index in [9.17, 15) is 14.4 Å². The molecule has 2 N–H and O–H groups in total. The molecular formula is C24H22N4O3. The van der Waals surface area contributed by atoms with E-state index >= 15 is 0 Å². The molecule has 2 aliphatic rings. The highest BCUT2D eigenvalue weighted by Crippen LogP contribution is 2.35. The predicted molar refractivity (Wildman–Crippen MR) is 117 cm³/mol. The first-order valence-electron chi connectivity index (χ1n) is 10.5. The van der Waals surface area contributed by atoms with Crippen LogP contribution >= 0.6 is 0 Å². The van der Waals surface area contributed by atoms with Crippen LogP contribution in [0.15, 0.2) is 60.7 Å². The lowest BCUT2D eigenvalue weighted by Gasteiger charge is -2.14. The number of imidazole rings is 1. The first kappa shape index (κ1) is 19.2. The van der Waals surface area contributed by atoms with Crippen LogP contribution in [-0.4, -0.2) is 39.1 Å². The molecule has 7 nitrogen and oxygen atoms in total. The maximum atomic E-state index is 12.5. The number of rotatable bonds is 5. The van der Waals surface area contributed by atoms with Crippen molar-refractivity contribution in [1.29, 1.82) is 0 Å². The third-order valence-corrected chi connectivity index (χ3v) is 5.99. The van der Waals surface area contributed by atoms with E-state index in [2.05, 4.69) is 15.3 Å². The summed E-state index contributed by atoms with van der Waals surface area (Å²) in [5.74, 6) is -0.284. The van der Waals surface area contributed by atoms with E-state index in [1.54, 1.807) is 0 Å². The van der Waals surface area contributed by atoms with Gasteiger partial charge in [0.15, 0.2) is 0 Å². The van der Waals surface area contributed by atoms with Gasteiger partial charge in [-0.1, -0.05) is 24.3 Å². The zero-order valence-corrected chi connectivity index (χ0v) is 16.9. The van der Waals surface area contributed by atoms with Crippen molar-refractivity contribution >= 4 is 34.4 Å². The smallest absolute Gasteiger partial charge is 0.233 e. The normalized spacial score (nSPS) is 20.3. The van der Waals surface area contributed by atoms with E-state index in [0.29, 0.717) is 18.5 Å². The average molecular weight is 414 g/mol. The molecule has 1 aliphatic heterocycles. The van der Waals surface area contributed by atoms with Crippen LogP contribution < -0.4 is 5.32 Å². The minimum absolute atomic E-state index is 0.0790. The number of anilines is 1. The van der Waals surface area contributed by atoms with Gasteiger partial charge in [0.2, 0.25) is 17.7 Å². The molecule has 1 aromatic heterocycles. The number of benzene rings is 2. The summed E-state index contributed by atoms with van der Waals surface area (Å²) >= 11 is 0. The second-order valence-corrected chi connectivity index (χ2v) is 7.96. The van der Waals surface area contributed by atoms with Gasteiger partial charge < -0.3 is 10.3 Å². The molecule has 2 aromatic carbocycles. The molecule has 1 aliphatic carbocycles. The second kappa shape index (κ2) is 7.83. The fraction of sp³-hybridized carbons (Fsp3) is 0.250. The number of amides is 3. The molecule has 0 saturated carbocycles. The van der Waals surface area contributed by atoms with Crippen LogP contribution in [0.3, 0.4) is 0 Å². The number of hydrogen-bond acceptors (Lipinski definition) is 4. The van der Waals surface area contributed by atoms with Crippen LogP contribution in [0.4, 0.5) is 5.69 Å². The SMILES string of the molecule is O=C(CCN1C(=O)[C@H]2CC=CC[C@H]2C1=O)Nc1ccc(-c2nc3ccccc3[nH]2)cc1. The summed E-state index contributed by atoms with van der Waals surface area (Å²) in [6.45, 7) is 0.119. The Balaban J connectivity index is 1.19. The molecule has 2 atom stereocenters. The quantitative estimate of drug-likeness (QED) is 0.493. The van der Waals surface area contributed by atoms with Gasteiger partial charge >= 0.3 is 0 Å². The van der Waals surface area contributed by atoms with E-state index < -0.39 is 0 Å². The van der Waals surface area contributed by atoms with E-state index in [0.717, 1.165) is 22.4 Å². The van der Waals surface area contributed by atoms with Gasteiger partial charge in [-0.2, -0.15) is 0 Å². The number of likely N-dealkylation sites (tertiary alicyclic amines) is 1. The van der Waals surface area contributed by atoms with Crippen molar-refractivity contribution in [2.24, 2.45) is 11.8 Å². The van der Waals surface area contributed by atoms with E-state index in [4.69, 9.17) is 0 Å². The van der Waals surface area contributed by atoms with Crippen LogP contribution in [0, 0.1) is 11.8 Å². The Morgan fingerprint density at radius 1 is 1.00 bits per heavy atom. The van der Waals surface area contributed by atoms with Gasteiger partial charge in [-0.25, -0.2) is 4.98 Å². The van der Waals surface area contributed by atoms with Crippen molar-refractivity contribution in [3.05, 3.63) is 60.7 Å². The van der Waals surface area contributed by atoms with Crippen molar-refractivity contribution in [2.75, 3.05) is 11.9 Å². The highest BCUT2D eigenvalue weighted by molar-refractivity contribution is 6.05. The summed E-state index contributed by atoms with van der Waals surface area (Å²) in [7, 11) is 0. The van der Waals surface area contributed by atoms with Crippen molar-refractivity contribution in [1.82, 2.24) is 14.9 Å². The number of imide groups is 1. The van der Waals surface area contributed by atoms with Gasteiger partial charge in [0.05, 0.1) is 22.9 Å². The zero-order valence-electron chi connectivity index (χ0n) is 16.9. The van der Waals surface area contributed by atoms with Gasteiger partial charge in [0.25, 0.3) is 0 Å². The number of para-hydroxylation sites is 2. The monoisotopic (exact) mass is 414 g/mol. The number of aromatic amines is 1. The number of nitrogens with zero attached hydrogens (tertiary/aromatic N) is 2. The third-order valence-electron chi connectivity index (χ3n) is 5.99.